The van der Waals surface area contributed by atoms with Gasteiger partial charge in [-0.2, -0.15) is 0 Å². The fraction of sp³-hybridized carbons (Fsp3) is 0.235. The summed E-state index contributed by atoms with van der Waals surface area (Å²) < 4.78 is 5.64. The highest BCUT2D eigenvalue weighted by atomic mass is 16.5. The van der Waals surface area contributed by atoms with Gasteiger partial charge in [-0.3, -0.25) is 10.1 Å². The summed E-state index contributed by atoms with van der Waals surface area (Å²) in [6, 6.07) is 17.8. The van der Waals surface area contributed by atoms with Crippen LogP contribution in [0.4, 0.5) is 0 Å². The van der Waals surface area contributed by atoms with E-state index in [-0.39, 0.29) is 12.7 Å². The van der Waals surface area contributed by atoms with Gasteiger partial charge in [0.1, 0.15) is 6.04 Å². The molecule has 0 bridgehead atoms. The van der Waals surface area contributed by atoms with Crippen LogP contribution in [0.15, 0.2) is 54.6 Å². The van der Waals surface area contributed by atoms with Crippen LogP contribution in [0, 0.1) is 0 Å². The van der Waals surface area contributed by atoms with Crippen LogP contribution in [0.3, 0.4) is 0 Å². The SMILES string of the molecule is O=C(O)C1COC(c2ccc(-c3ccccc3)cc2)CN1. The summed E-state index contributed by atoms with van der Waals surface area (Å²) >= 11 is 0. The lowest BCUT2D eigenvalue weighted by atomic mass is 10.0. The van der Waals surface area contributed by atoms with E-state index in [4.69, 9.17) is 9.84 Å². The average molecular weight is 283 g/mol. The van der Waals surface area contributed by atoms with E-state index in [0.29, 0.717) is 6.54 Å². The Labute approximate surface area is 123 Å². The van der Waals surface area contributed by atoms with Crippen LogP contribution in [0.1, 0.15) is 11.7 Å². The van der Waals surface area contributed by atoms with Crippen molar-refractivity contribution in [3.05, 3.63) is 60.2 Å². The highest BCUT2D eigenvalue weighted by Crippen LogP contribution is 2.24. The smallest absolute Gasteiger partial charge is 0.323 e. The Bertz CT molecular complexity index is 602. The largest absolute Gasteiger partial charge is 0.480 e. The summed E-state index contributed by atoms with van der Waals surface area (Å²) in [7, 11) is 0. The topological polar surface area (TPSA) is 58.6 Å². The lowest BCUT2D eigenvalue weighted by molar-refractivity contribution is -0.144. The van der Waals surface area contributed by atoms with E-state index in [1.165, 1.54) is 5.56 Å². The van der Waals surface area contributed by atoms with Crippen molar-refractivity contribution in [2.24, 2.45) is 0 Å². The predicted molar refractivity (Wildman–Crippen MR) is 80.0 cm³/mol. The zero-order chi connectivity index (χ0) is 14.7. The predicted octanol–water partition coefficient (Wildman–Crippen LogP) is 2.47. The van der Waals surface area contributed by atoms with E-state index in [0.717, 1.165) is 11.1 Å². The Morgan fingerprint density at radius 2 is 1.71 bits per heavy atom. The Hall–Kier alpha value is -2.17. The molecule has 108 valence electrons. The van der Waals surface area contributed by atoms with E-state index in [1.807, 2.05) is 30.3 Å². The van der Waals surface area contributed by atoms with Crippen molar-refractivity contribution in [1.29, 1.82) is 0 Å². The first kappa shape index (κ1) is 13.8. The van der Waals surface area contributed by atoms with Crippen LogP contribution < -0.4 is 5.32 Å². The zero-order valence-electron chi connectivity index (χ0n) is 11.5. The first-order valence-corrected chi connectivity index (χ1v) is 6.97. The van der Waals surface area contributed by atoms with Gasteiger partial charge in [-0.25, -0.2) is 0 Å². The average Bonchev–Trinajstić information content (AvgIpc) is 2.56. The van der Waals surface area contributed by atoms with Crippen LogP contribution in [0.5, 0.6) is 0 Å². The number of rotatable bonds is 3. The molecule has 2 atom stereocenters. The Morgan fingerprint density at radius 3 is 2.29 bits per heavy atom. The molecule has 4 nitrogen and oxygen atoms in total. The third kappa shape index (κ3) is 3.12. The maximum atomic E-state index is 10.9. The highest BCUT2D eigenvalue weighted by molar-refractivity contribution is 5.73. The molecular formula is C17H17NO3. The number of hydrogen-bond donors (Lipinski definition) is 2. The quantitative estimate of drug-likeness (QED) is 0.908. The van der Waals surface area contributed by atoms with Gasteiger partial charge in [0.25, 0.3) is 0 Å². The zero-order valence-corrected chi connectivity index (χ0v) is 11.5. The molecule has 4 heteroatoms. The molecular weight excluding hydrogens is 266 g/mol. The number of hydrogen-bond acceptors (Lipinski definition) is 3. The summed E-state index contributed by atoms with van der Waals surface area (Å²) in [5, 5.41) is 11.9. The summed E-state index contributed by atoms with van der Waals surface area (Å²) in [6.07, 6.45) is -0.0922. The lowest BCUT2D eigenvalue weighted by Gasteiger charge is -2.28. The van der Waals surface area contributed by atoms with E-state index >= 15 is 0 Å². The maximum absolute atomic E-state index is 10.9. The summed E-state index contributed by atoms with van der Waals surface area (Å²) in [4.78, 5) is 10.9. The number of ether oxygens (including phenoxy) is 1. The molecule has 2 unspecified atom stereocenters. The molecule has 1 fully saturated rings. The van der Waals surface area contributed by atoms with Crippen LogP contribution >= 0.6 is 0 Å². The minimum atomic E-state index is -0.868. The summed E-state index contributed by atoms with van der Waals surface area (Å²) in [5.74, 6) is -0.868. The van der Waals surface area contributed by atoms with Gasteiger partial charge in [-0.05, 0) is 16.7 Å². The third-order valence-corrected chi connectivity index (χ3v) is 3.70. The van der Waals surface area contributed by atoms with Crippen molar-refractivity contribution in [2.75, 3.05) is 13.2 Å². The molecule has 1 heterocycles. The maximum Gasteiger partial charge on any atom is 0.323 e. The lowest BCUT2D eigenvalue weighted by Crippen LogP contribution is -2.47. The van der Waals surface area contributed by atoms with Crippen LogP contribution in [-0.2, 0) is 9.53 Å². The van der Waals surface area contributed by atoms with Gasteiger partial charge < -0.3 is 9.84 Å². The number of carboxylic acid groups (broad SMARTS) is 1. The second-order valence-electron chi connectivity index (χ2n) is 5.11. The molecule has 2 aromatic carbocycles. The number of aliphatic carboxylic acids is 1. The van der Waals surface area contributed by atoms with Crippen molar-refractivity contribution in [3.63, 3.8) is 0 Å². The van der Waals surface area contributed by atoms with E-state index < -0.39 is 12.0 Å². The molecule has 0 saturated carbocycles. The van der Waals surface area contributed by atoms with Crippen molar-refractivity contribution in [2.45, 2.75) is 12.1 Å². The van der Waals surface area contributed by atoms with Crippen molar-refractivity contribution in [3.8, 4) is 11.1 Å². The minimum absolute atomic E-state index is 0.0922. The second-order valence-corrected chi connectivity index (χ2v) is 5.11. The second kappa shape index (κ2) is 6.08. The van der Waals surface area contributed by atoms with Crippen molar-refractivity contribution >= 4 is 5.97 Å². The van der Waals surface area contributed by atoms with Crippen LogP contribution in [-0.4, -0.2) is 30.3 Å². The van der Waals surface area contributed by atoms with Gasteiger partial charge in [0, 0.05) is 6.54 Å². The summed E-state index contributed by atoms with van der Waals surface area (Å²) in [5.41, 5.74) is 3.40. The number of benzene rings is 2. The van der Waals surface area contributed by atoms with Gasteiger partial charge in [0.15, 0.2) is 0 Å². The molecule has 21 heavy (non-hydrogen) atoms. The van der Waals surface area contributed by atoms with Gasteiger partial charge >= 0.3 is 5.97 Å². The van der Waals surface area contributed by atoms with Crippen LogP contribution in [0.2, 0.25) is 0 Å². The molecule has 1 aliphatic rings. The monoisotopic (exact) mass is 283 g/mol. The van der Waals surface area contributed by atoms with Gasteiger partial charge in [0.05, 0.1) is 12.7 Å². The molecule has 2 aromatic rings. The molecule has 1 saturated heterocycles. The molecule has 2 N–H and O–H groups in total. The standard InChI is InChI=1S/C17H17NO3/c19-17(20)15-11-21-16(10-18-15)14-8-6-13(7-9-14)12-4-2-1-3-5-12/h1-9,15-16,18H,10-11H2,(H,19,20). The molecule has 0 spiro atoms. The molecule has 0 radical (unpaired) electrons. The Balaban J connectivity index is 1.69. The fourth-order valence-electron chi connectivity index (χ4n) is 2.47. The highest BCUT2D eigenvalue weighted by Gasteiger charge is 2.26. The number of carbonyl (C=O) groups is 1. The Morgan fingerprint density at radius 1 is 1.05 bits per heavy atom. The summed E-state index contributed by atoms with van der Waals surface area (Å²) in [6.45, 7) is 0.710. The molecule has 0 amide bonds. The van der Waals surface area contributed by atoms with E-state index in [2.05, 4.69) is 29.6 Å². The van der Waals surface area contributed by atoms with Gasteiger partial charge in [0.2, 0.25) is 0 Å². The fourth-order valence-corrected chi connectivity index (χ4v) is 2.47. The van der Waals surface area contributed by atoms with Crippen LogP contribution in [0.25, 0.3) is 11.1 Å². The number of morpholine rings is 1. The van der Waals surface area contributed by atoms with Gasteiger partial charge in [-0.15, -0.1) is 0 Å². The van der Waals surface area contributed by atoms with E-state index in [9.17, 15) is 4.79 Å². The minimum Gasteiger partial charge on any atom is -0.480 e. The normalized spacial score (nSPS) is 21.9. The number of carboxylic acids is 1. The molecule has 1 aliphatic heterocycles. The molecule has 3 rings (SSSR count). The molecule has 0 aliphatic carbocycles. The first-order valence-electron chi connectivity index (χ1n) is 6.97. The molecule has 0 aromatic heterocycles. The van der Waals surface area contributed by atoms with Crippen molar-refractivity contribution < 1.29 is 14.6 Å². The van der Waals surface area contributed by atoms with E-state index in [1.54, 1.807) is 0 Å². The van der Waals surface area contributed by atoms with Crippen molar-refractivity contribution in [1.82, 2.24) is 5.32 Å². The first-order chi connectivity index (χ1) is 10.2. The third-order valence-electron chi connectivity index (χ3n) is 3.70. The Kier molecular flexibility index (Phi) is 3.99. The van der Waals surface area contributed by atoms with Gasteiger partial charge in [-0.1, -0.05) is 54.6 Å². The number of nitrogens with one attached hydrogen (secondary N) is 1.